The minimum Gasteiger partial charge on any atom is -0.279 e. The van der Waals surface area contributed by atoms with E-state index >= 15 is 4.39 Å². The molecular formula is C18H19BrFNO4S2. The van der Waals surface area contributed by atoms with Crippen LogP contribution in [-0.4, -0.2) is 21.6 Å². The number of halogens is 2. The summed E-state index contributed by atoms with van der Waals surface area (Å²) >= 11 is 3.22. The molecule has 0 aliphatic rings. The van der Waals surface area contributed by atoms with Gasteiger partial charge in [-0.2, -0.15) is 4.39 Å². The Kier molecular flexibility index (Phi) is 6.18. The number of benzene rings is 2. The summed E-state index contributed by atoms with van der Waals surface area (Å²) in [6.07, 6.45) is 0. The van der Waals surface area contributed by atoms with Gasteiger partial charge < -0.3 is 0 Å². The number of sulfone groups is 1. The molecule has 2 aromatic rings. The lowest BCUT2D eigenvalue weighted by Gasteiger charge is -2.22. The van der Waals surface area contributed by atoms with E-state index < -0.39 is 35.5 Å². The molecule has 9 heteroatoms. The maximum Gasteiger partial charge on any atom is 0.243 e. The number of hydrogen-bond donors (Lipinski definition) is 1. The van der Waals surface area contributed by atoms with Crippen molar-refractivity contribution in [2.45, 2.75) is 30.4 Å². The molecule has 146 valence electrons. The summed E-state index contributed by atoms with van der Waals surface area (Å²) in [5, 5.41) is -1.57. The Morgan fingerprint density at radius 2 is 1.56 bits per heavy atom. The van der Waals surface area contributed by atoms with Gasteiger partial charge in [-0.1, -0.05) is 46.3 Å². The van der Waals surface area contributed by atoms with Gasteiger partial charge in [0.1, 0.15) is 5.70 Å². The van der Waals surface area contributed by atoms with Gasteiger partial charge in [-0.15, -0.1) is 0 Å². The largest absolute Gasteiger partial charge is 0.279 e. The Hall–Kier alpha value is -1.71. The van der Waals surface area contributed by atoms with Gasteiger partial charge in [-0.3, -0.25) is 4.72 Å². The number of hydrogen-bond acceptors (Lipinski definition) is 4. The van der Waals surface area contributed by atoms with Crippen LogP contribution in [0.5, 0.6) is 0 Å². The van der Waals surface area contributed by atoms with Crippen molar-refractivity contribution in [1.82, 2.24) is 4.72 Å². The Balaban J connectivity index is 2.74. The molecule has 0 saturated heterocycles. The summed E-state index contributed by atoms with van der Waals surface area (Å²) in [6, 6.07) is 13.0. The van der Waals surface area contributed by atoms with Crippen molar-refractivity contribution < 1.29 is 21.2 Å². The summed E-state index contributed by atoms with van der Waals surface area (Å²) in [6.45, 7) is 4.28. The molecule has 0 unspecified atom stereocenters. The average Bonchev–Trinajstić information content (AvgIpc) is 2.59. The molecule has 1 N–H and O–H groups in total. The fourth-order valence-corrected chi connectivity index (χ4v) is 4.39. The number of sulfonamides is 1. The molecule has 0 amide bonds. The second-order valence-electron chi connectivity index (χ2n) is 6.69. The Morgan fingerprint density at radius 3 is 2.07 bits per heavy atom. The fourth-order valence-electron chi connectivity index (χ4n) is 1.98. The first-order chi connectivity index (χ1) is 12.4. The minimum atomic E-state index is -4.55. The van der Waals surface area contributed by atoms with Crippen molar-refractivity contribution in [3.63, 3.8) is 0 Å². The van der Waals surface area contributed by atoms with Crippen molar-refractivity contribution in [3.05, 3.63) is 69.8 Å². The molecule has 0 aromatic heterocycles. The SMILES string of the molecule is CC(C)(C)S(=O)(=O)N/C(=C(\F)S(=O)(=O)c1ccccc1)c1cccc(Br)c1. The molecule has 0 heterocycles. The summed E-state index contributed by atoms with van der Waals surface area (Å²) < 4.78 is 67.1. The van der Waals surface area contributed by atoms with Crippen LogP contribution in [0.2, 0.25) is 0 Å². The Labute approximate surface area is 167 Å². The van der Waals surface area contributed by atoms with Crippen LogP contribution < -0.4 is 4.72 Å². The first kappa shape index (κ1) is 21.6. The van der Waals surface area contributed by atoms with Crippen LogP contribution in [0.25, 0.3) is 5.70 Å². The first-order valence-corrected chi connectivity index (χ1v) is 11.6. The maximum absolute atomic E-state index is 15.2. The van der Waals surface area contributed by atoms with E-state index in [-0.39, 0.29) is 10.5 Å². The standard InChI is InChI=1S/C18H19BrFNO4S2/c1-18(2,3)27(24,25)21-16(13-8-7-9-14(19)12-13)17(20)26(22,23)15-10-5-4-6-11-15/h4-12,21H,1-3H3/b17-16+. The van der Waals surface area contributed by atoms with Crippen LogP contribution in [0.4, 0.5) is 4.39 Å². The number of rotatable bonds is 5. The van der Waals surface area contributed by atoms with Crippen LogP contribution >= 0.6 is 15.9 Å². The van der Waals surface area contributed by atoms with Gasteiger partial charge >= 0.3 is 0 Å². The Morgan fingerprint density at radius 1 is 0.963 bits per heavy atom. The van der Waals surface area contributed by atoms with Gasteiger partial charge in [-0.25, -0.2) is 16.8 Å². The maximum atomic E-state index is 15.2. The van der Waals surface area contributed by atoms with E-state index in [1.54, 1.807) is 18.2 Å². The van der Waals surface area contributed by atoms with Gasteiger partial charge in [0.05, 0.1) is 9.64 Å². The van der Waals surface area contributed by atoms with E-state index in [4.69, 9.17) is 0 Å². The molecule has 2 rings (SSSR count). The first-order valence-electron chi connectivity index (χ1n) is 7.84. The fraction of sp³-hybridized carbons (Fsp3) is 0.222. The van der Waals surface area contributed by atoms with Crippen LogP contribution in [-0.2, 0) is 19.9 Å². The van der Waals surface area contributed by atoms with E-state index in [9.17, 15) is 16.8 Å². The molecule has 0 radical (unpaired) electrons. The van der Waals surface area contributed by atoms with E-state index in [0.29, 0.717) is 4.47 Å². The molecule has 5 nitrogen and oxygen atoms in total. The highest BCUT2D eigenvalue weighted by Crippen LogP contribution is 2.30. The van der Waals surface area contributed by atoms with Gasteiger partial charge in [0.25, 0.3) is 0 Å². The van der Waals surface area contributed by atoms with E-state index in [2.05, 4.69) is 20.7 Å². The average molecular weight is 476 g/mol. The van der Waals surface area contributed by atoms with Crippen molar-refractivity contribution >= 4 is 41.5 Å². The second kappa shape index (κ2) is 7.73. The molecule has 27 heavy (non-hydrogen) atoms. The second-order valence-corrected chi connectivity index (χ2v) is 11.9. The molecular weight excluding hydrogens is 457 g/mol. The van der Waals surface area contributed by atoms with Gasteiger partial charge in [0.15, 0.2) is 0 Å². The third-order valence-electron chi connectivity index (χ3n) is 3.64. The van der Waals surface area contributed by atoms with Crippen molar-refractivity contribution in [3.8, 4) is 0 Å². The molecule has 0 atom stereocenters. The highest BCUT2D eigenvalue weighted by Gasteiger charge is 2.33. The van der Waals surface area contributed by atoms with Crippen LogP contribution in [0.1, 0.15) is 26.3 Å². The van der Waals surface area contributed by atoms with Gasteiger partial charge in [-0.05, 0) is 45.0 Å². The predicted octanol–water partition coefficient (Wildman–Crippen LogP) is 4.24. The van der Waals surface area contributed by atoms with Crippen LogP contribution in [0.3, 0.4) is 0 Å². The summed E-state index contributed by atoms with van der Waals surface area (Å²) in [5.41, 5.74) is -0.552. The minimum absolute atomic E-state index is 0.0780. The molecule has 0 fully saturated rings. The number of nitrogens with one attached hydrogen (secondary N) is 1. The lowest BCUT2D eigenvalue weighted by atomic mass is 10.2. The molecule has 0 saturated carbocycles. The zero-order valence-corrected chi connectivity index (χ0v) is 18.1. The molecule has 2 aromatic carbocycles. The Bertz CT molecular complexity index is 1070. The van der Waals surface area contributed by atoms with Gasteiger partial charge in [0.2, 0.25) is 25.0 Å². The normalized spacial score (nSPS) is 13.8. The lowest BCUT2D eigenvalue weighted by Crippen LogP contribution is -2.39. The van der Waals surface area contributed by atoms with Crippen molar-refractivity contribution in [2.24, 2.45) is 0 Å². The summed E-state index contributed by atoms with van der Waals surface area (Å²) in [4.78, 5) is -0.273. The lowest BCUT2D eigenvalue weighted by molar-refractivity contribution is 0.553. The molecule has 0 aliphatic carbocycles. The zero-order valence-electron chi connectivity index (χ0n) is 14.9. The van der Waals surface area contributed by atoms with Crippen molar-refractivity contribution in [2.75, 3.05) is 0 Å². The van der Waals surface area contributed by atoms with Crippen molar-refractivity contribution in [1.29, 1.82) is 0 Å². The smallest absolute Gasteiger partial charge is 0.243 e. The molecule has 0 spiro atoms. The van der Waals surface area contributed by atoms with E-state index in [0.717, 1.165) is 0 Å². The van der Waals surface area contributed by atoms with E-state index in [1.165, 1.54) is 57.2 Å². The zero-order chi connectivity index (χ0) is 20.5. The predicted molar refractivity (Wildman–Crippen MR) is 108 cm³/mol. The third kappa shape index (κ3) is 4.77. The quantitative estimate of drug-likeness (QED) is 0.701. The monoisotopic (exact) mass is 475 g/mol. The highest BCUT2D eigenvalue weighted by molar-refractivity contribution is 9.10. The van der Waals surface area contributed by atoms with Crippen LogP contribution in [0, 0.1) is 0 Å². The van der Waals surface area contributed by atoms with Gasteiger partial charge in [0, 0.05) is 10.0 Å². The summed E-state index contributed by atoms with van der Waals surface area (Å²) in [7, 11) is -8.62. The summed E-state index contributed by atoms with van der Waals surface area (Å²) in [5.74, 6) is 0. The van der Waals surface area contributed by atoms with Crippen LogP contribution in [0.15, 0.2) is 69.1 Å². The topological polar surface area (TPSA) is 80.3 Å². The molecule has 0 aliphatic heterocycles. The van der Waals surface area contributed by atoms with E-state index in [1.807, 2.05) is 0 Å². The molecule has 0 bridgehead atoms. The highest BCUT2D eigenvalue weighted by atomic mass is 79.9. The third-order valence-corrected chi connectivity index (χ3v) is 7.79.